The van der Waals surface area contributed by atoms with Crippen LogP contribution in [0.25, 0.3) is 5.57 Å². The van der Waals surface area contributed by atoms with Crippen LogP contribution >= 0.6 is 0 Å². The van der Waals surface area contributed by atoms with Crippen LogP contribution in [0.3, 0.4) is 0 Å². The number of carbonyl (C=O) groups excluding carboxylic acids is 1. The smallest absolute Gasteiger partial charge is 0.338 e. The Morgan fingerprint density at radius 1 is 1.15 bits per heavy atom. The van der Waals surface area contributed by atoms with Crippen LogP contribution in [0.5, 0.6) is 0 Å². The Morgan fingerprint density at radius 3 is 2.50 bits per heavy atom. The highest BCUT2D eigenvalue weighted by molar-refractivity contribution is 5.97. The molecular formula is C17H13NO2. The van der Waals surface area contributed by atoms with Crippen molar-refractivity contribution in [2.75, 3.05) is 7.11 Å². The molecule has 20 heavy (non-hydrogen) atoms. The zero-order chi connectivity index (χ0) is 14.5. The van der Waals surface area contributed by atoms with Gasteiger partial charge in [-0.15, -0.1) is 0 Å². The van der Waals surface area contributed by atoms with Crippen LogP contribution in [-0.2, 0) is 4.74 Å². The van der Waals surface area contributed by atoms with E-state index in [-0.39, 0.29) is 0 Å². The van der Waals surface area contributed by atoms with Crippen LogP contribution in [0.4, 0.5) is 0 Å². The number of methoxy groups -OCH3 is 1. The van der Waals surface area contributed by atoms with Crippen molar-refractivity contribution in [3.63, 3.8) is 0 Å². The Bertz CT molecular complexity index is 711. The molecule has 0 heterocycles. The second-order valence-corrected chi connectivity index (χ2v) is 4.21. The molecule has 3 nitrogen and oxygen atoms in total. The number of hydrogen-bond acceptors (Lipinski definition) is 3. The SMILES string of the molecule is C=C(c1cccc(C#N)c1)c1ccccc1C(=O)OC. The Kier molecular flexibility index (Phi) is 3.97. The number of rotatable bonds is 3. The fraction of sp³-hybridized carbons (Fsp3) is 0.0588. The number of nitriles is 1. The van der Waals surface area contributed by atoms with E-state index in [1.54, 1.807) is 30.3 Å². The molecule has 0 atom stereocenters. The number of ether oxygens (including phenoxy) is 1. The average molecular weight is 263 g/mol. The van der Waals surface area contributed by atoms with Crippen molar-refractivity contribution in [2.45, 2.75) is 0 Å². The van der Waals surface area contributed by atoms with E-state index >= 15 is 0 Å². The molecule has 2 aromatic rings. The third kappa shape index (κ3) is 2.60. The van der Waals surface area contributed by atoms with Gasteiger partial charge in [0.1, 0.15) is 0 Å². The lowest BCUT2D eigenvalue weighted by Gasteiger charge is -2.11. The Hall–Kier alpha value is -2.86. The maximum atomic E-state index is 11.8. The first-order chi connectivity index (χ1) is 9.67. The van der Waals surface area contributed by atoms with E-state index in [1.165, 1.54) is 7.11 Å². The van der Waals surface area contributed by atoms with Crippen LogP contribution < -0.4 is 0 Å². The molecule has 0 aliphatic heterocycles. The second kappa shape index (κ2) is 5.85. The molecule has 0 spiro atoms. The Morgan fingerprint density at radius 2 is 1.85 bits per heavy atom. The summed E-state index contributed by atoms with van der Waals surface area (Å²) in [6.45, 7) is 4.03. The van der Waals surface area contributed by atoms with Crippen molar-refractivity contribution < 1.29 is 9.53 Å². The molecule has 0 saturated carbocycles. The predicted octanol–water partition coefficient (Wildman–Crippen LogP) is 3.41. The normalized spacial score (nSPS) is 9.60. The number of carbonyl (C=O) groups is 1. The van der Waals surface area contributed by atoms with Gasteiger partial charge in [-0.2, -0.15) is 5.26 Å². The molecule has 0 radical (unpaired) electrons. The van der Waals surface area contributed by atoms with E-state index in [1.807, 2.05) is 18.2 Å². The number of hydrogen-bond donors (Lipinski definition) is 0. The molecular weight excluding hydrogens is 250 g/mol. The van der Waals surface area contributed by atoms with Crippen LogP contribution in [0.2, 0.25) is 0 Å². The minimum Gasteiger partial charge on any atom is -0.465 e. The molecule has 0 aliphatic carbocycles. The first-order valence-electron chi connectivity index (χ1n) is 6.04. The summed E-state index contributed by atoms with van der Waals surface area (Å²) in [5, 5.41) is 8.94. The molecule has 3 heteroatoms. The third-order valence-electron chi connectivity index (χ3n) is 3.00. The van der Waals surface area contributed by atoms with Gasteiger partial charge in [0.25, 0.3) is 0 Å². The van der Waals surface area contributed by atoms with Gasteiger partial charge in [0.15, 0.2) is 0 Å². The molecule has 0 bridgehead atoms. The maximum Gasteiger partial charge on any atom is 0.338 e. The van der Waals surface area contributed by atoms with Crippen LogP contribution in [0, 0.1) is 11.3 Å². The molecule has 0 unspecified atom stereocenters. The van der Waals surface area contributed by atoms with E-state index in [0.29, 0.717) is 22.3 Å². The van der Waals surface area contributed by atoms with E-state index in [9.17, 15) is 4.79 Å². The largest absolute Gasteiger partial charge is 0.465 e. The number of esters is 1. The van der Waals surface area contributed by atoms with Gasteiger partial charge in [-0.05, 0) is 34.9 Å². The molecule has 0 saturated heterocycles. The average Bonchev–Trinajstić information content (AvgIpc) is 2.53. The summed E-state index contributed by atoms with van der Waals surface area (Å²) >= 11 is 0. The lowest BCUT2D eigenvalue weighted by atomic mass is 9.94. The van der Waals surface area contributed by atoms with E-state index in [2.05, 4.69) is 12.6 Å². The van der Waals surface area contributed by atoms with Gasteiger partial charge in [-0.25, -0.2) is 4.79 Å². The molecule has 2 aromatic carbocycles. The fourth-order valence-electron chi connectivity index (χ4n) is 1.97. The van der Waals surface area contributed by atoms with Crippen molar-refractivity contribution in [1.82, 2.24) is 0 Å². The summed E-state index contributed by atoms with van der Waals surface area (Å²) in [5.41, 5.74) is 3.21. The zero-order valence-electron chi connectivity index (χ0n) is 11.1. The third-order valence-corrected chi connectivity index (χ3v) is 3.00. The van der Waals surface area contributed by atoms with Crippen LogP contribution in [0.1, 0.15) is 27.0 Å². The Balaban J connectivity index is 2.49. The van der Waals surface area contributed by atoms with Gasteiger partial charge < -0.3 is 4.74 Å². The van der Waals surface area contributed by atoms with Crippen molar-refractivity contribution in [1.29, 1.82) is 5.26 Å². The summed E-state index contributed by atoms with van der Waals surface area (Å²) < 4.78 is 4.78. The maximum absolute atomic E-state index is 11.8. The molecule has 0 amide bonds. The van der Waals surface area contributed by atoms with Gasteiger partial charge in [0.05, 0.1) is 24.3 Å². The number of nitrogens with zero attached hydrogens (tertiary/aromatic N) is 1. The highest BCUT2D eigenvalue weighted by atomic mass is 16.5. The van der Waals surface area contributed by atoms with Crippen molar-refractivity contribution >= 4 is 11.5 Å². The summed E-state index contributed by atoms with van der Waals surface area (Å²) in [5.74, 6) is -0.404. The molecule has 2 rings (SSSR count). The summed E-state index contributed by atoms with van der Waals surface area (Å²) in [4.78, 5) is 11.8. The predicted molar refractivity (Wildman–Crippen MR) is 77.1 cm³/mol. The van der Waals surface area contributed by atoms with Crippen molar-refractivity contribution in [3.05, 3.63) is 77.4 Å². The van der Waals surface area contributed by atoms with Crippen LogP contribution in [0.15, 0.2) is 55.1 Å². The minimum atomic E-state index is -0.404. The van der Waals surface area contributed by atoms with Crippen molar-refractivity contribution in [3.8, 4) is 6.07 Å². The zero-order valence-corrected chi connectivity index (χ0v) is 11.1. The van der Waals surface area contributed by atoms with E-state index < -0.39 is 5.97 Å². The highest BCUT2D eigenvalue weighted by Gasteiger charge is 2.14. The summed E-state index contributed by atoms with van der Waals surface area (Å²) in [6.07, 6.45) is 0. The topological polar surface area (TPSA) is 50.1 Å². The van der Waals surface area contributed by atoms with Gasteiger partial charge in [-0.1, -0.05) is 36.9 Å². The van der Waals surface area contributed by atoms with E-state index in [0.717, 1.165) is 5.56 Å². The molecule has 0 aliphatic rings. The second-order valence-electron chi connectivity index (χ2n) is 4.21. The first-order valence-corrected chi connectivity index (χ1v) is 6.04. The quantitative estimate of drug-likeness (QED) is 0.797. The first kappa shape index (κ1) is 13.6. The summed E-state index contributed by atoms with van der Waals surface area (Å²) in [7, 11) is 1.35. The van der Waals surface area contributed by atoms with Gasteiger partial charge in [0.2, 0.25) is 0 Å². The molecule has 0 fully saturated rings. The Labute approximate surface area is 117 Å². The van der Waals surface area contributed by atoms with Crippen LogP contribution in [-0.4, -0.2) is 13.1 Å². The van der Waals surface area contributed by atoms with E-state index in [4.69, 9.17) is 10.00 Å². The fourth-order valence-corrected chi connectivity index (χ4v) is 1.97. The highest BCUT2D eigenvalue weighted by Crippen LogP contribution is 2.25. The molecule has 0 N–H and O–H groups in total. The lowest BCUT2D eigenvalue weighted by Crippen LogP contribution is -2.05. The number of benzene rings is 2. The lowest BCUT2D eigenvalue weighted by molar-refractivity contribution is 0.0600. The molecule has 0 aromatic heterocycles. The van der Waals surface area contributed by atoms with Crippen molar-refractivity contribution in [2.24, 2.45) is 0 Å². The van der Waals surface area contributed by atoms with Gasteiger partial charge >= 0.3 is 5.97 Å². The van der Waals surface area contributed by atoms with Gasteiger partial charge in [-0.3, -0.25) is 0 Å². The molecule has 98 valence electrons. The standard InChI is InChI=1S/C17H13NO2/c1-12(14-7-5-6-13(10-14)11-18)15-8-3-4-9-16(15)17(19)20-2/h3-10H,1H2,2H3. The summed E-state index contributed by atoms with van der Waals surface area (Å²) in [6, 6.07) is 16.3. The monoisotopic (exact) mass is 263 g/mol. The minimum absolute atomic E-state index is 0.404. The van der Waals surface area contributed by atoms with Gasteiger partial charge in [0, 0.05) is 0 Å².